The van der Waals surface area contributed by atoms with Gasteiger partial charge >= 0.3 is 0 Å². The molecular weight excluding hydrogens is 344 g/mol. The Labute approximate surface area is 159 Å². The Morgan fingerprint density at radius 1 is 0.815 bits per heavy atom. The first-order valence-electron chi connectivity index (χ1n) is 8.90. The quantitative estimate of drug-likeness (QED) is 0.672. The maximum Gasteiger partial charge on any atom is 0.239 e. The monoisotopic (exact) mass is 370 g/mol. The highest BCUT2D eigenvalue weighted by molar-refractivity contribution is 5.84. The molecule has 2 N–H and O–H groups in total. The van der Waals surface area contributed by atoms with Gasteiger partial charge in [-0.05, 0) is 36.1 Å². The molecule has 0 saturated carbocycles. The standard InChI is InChI=1S/C21H26N2O4/c1-26-18-10-8-17(14-19(18)27-2)9-11-20(24)23-15-21(25)22-13-12-16-6-4-3-5-7-16/h3-8,10,14H,9,11-13,15H2,1-2H3,(H,22,25)(H,23,24). The number of amides is 2. The van der Waals surface area contributed by atoms with Crippen molar-refractivity contribution in [1.29, 1.82) is 0 Å². The fraction of sp³-hybridized carbons (Fsp3) is 0.333. The first kappa shape index (κ1) is 20.3. The van der Waals surface area contributed by atoms with E-state index in [9.17, 15) is 9.59 Å². The van der Waals surface area contributed by atoms with Gasteiger partial charge in [0.05, 0.1) is 20.8 Å². The average molecular weight is 370 g/mol. The van der Waals surface area contributed by atoms with E-state index in [0.29, 0.717) is 30.9 Å². The number of aryl methyl sites for hydroxylation is 1. The molecular formula is C21H26N2O4. The van der Waals surface area contributed by atoms with Crippen molar-refractivity contribution in [1.82, 2.24) is 10.6 Å². The molecule has 0 fully saturated rings. The third-order valence-electron chi connectivity index (χ3n) is 4.11. The molecule has 0 unspecified atom stereocenters. The number of rotatable bonds is 10. The topological polar surface area (TPSA) is 76.7 Å². The van der Waals surface area contributed by atoms with Crippen molar-refractivity contribution in [2.75, 3.05) is 27.3 Å². The second-order valence-corrected chi connectivity index (χ2v) is 6.05. The van der Waals surface area contributed by atoms with Crippen LogP contribution in [0.5, 0.6) is 11.5 Å². The highest BCUT2D eigenvalue weighted by Crippen LogP contribution is 2.27. The number of benzene rings is 2. The largest absolute Gasteiger partial charge is 0.493 e. The molecule has 6 nitrogen and oxygen atoms in total. The smallest absolute Gasteiger partial charge is 0.239 e. The molecule has 2 aromatic rings. The third kappa shape index (κ3) is 7.01. The highest BCUT2D eigenvalue weighted by Gasteiger charge is 2.08. The minimum absolute atomic E-state index is 0.0143. The zero-order chi connectivity index (χ0) is 19.5. The fourth-order valence-electron chi connectivity index (χ4n) is 2.61. The second-order valence-electron chi connectivity index (χ2n) is 6.05. The minimum atomic E-state index is -0.189. The summed E-state index contributed by atoms with van der Waals surface area (Å²) in [5, 5.41) is 5.45. The third-order valence-corrected chi connectivity index (χ3v) is 4.11. The van der Waals surface area contributed by atoms with Crippen molar-refractivity contribution < 1.29 is 19.1 Å². The van der Waals surface area contributed by atoms with E-state index < -0.39 is 0 Å². The van der Waals surface area contributed by atoms with Crippen molar-refractivity contribution >= 4 is 11.8 Å². The first-order chi connectivity index (χ1) is 13.1. The van der Waals surface area contributed by atoms with E-state index >= 15 is 0 Å². The van der Waals surface area contributed by atoms with Gasteiger partial charge < -0.3 is 20.1 Å². The normalized spacial score (nSPS) is 10.1. The van der Waals surface area contributed by atoms with Gasteiger partial charge in [-0.2, -0.15) is 0 Å². The Kier molecular flexibility index (Phi) is 8.16. The first-order valence-corrected chi connectivity index (χ1v) is 8.90. The number of hydrogen-bond acceptors (Lipinski definition) is 4. The SMILES string of the molecule is COc1ccc(CCC(=O)NCC(=O)NCCc2ccccc2)cc1OC. The lowest BCUT2D eigenvalue weighted by molar-refractivity contribution is -0.126. The van der Waals surface area contributed by atoms with Gasteiger partial charge in [0.1, 0.15) is 0 Å². The predicted octanol–water partition coefficient (Wildman–Crippen LogP) is 2.11. The van der Waals surface area contributed by atoms with E-state index in [1.54, 1.807) is 14.2 Å². The lowest BCUT2D eigenvalue weighted by atomic mass is 10.1. The maximum atomic E-state index is 11.9. The Morgan fingerprint density at radius 2 is 1.56 bits per heavy atom. The molecule has 0 aromatic heterocycles. The molecule has 0 saturated heterocycles. The van der Waals surface area contributed by atoms with Crippen LogP contribution in [-0.4, -0.2) is 39.1 Å². The number of carbonyl (C=O) groups is 2. The molecule has 0 aliphatic carbocycles. The maximum absolute atomic E-state index is 11.9. The summed E-state index contributed by atoms with van der Waals surface area (Å²) >= 11 is 0. The summed E-state index contributed by atoms with van der Waals surface area (Å²) in [5.74, 6) is 0.930. The highest BCUT2D eigenvalue weighted by atomic mass is 16.5. The van der Waals surface area contributed by atoms with Gasteiger partial charge in [0.2, 0.25) is 11.8 Å². The van der Waals surface area contributed by atoms with Crippen LogP contribution in [0.2, 0.25) is 0 Å². The number of ether oxygens (including phenoxy) is 2. The van der Waals surface area contributed by atoms with Crippen molar-refractivity contribution in [3.05, 3.63) is 59.7 Å². The summed E-state index contributed by atoms with van der Waals surface area (Å²) < 4.78 is 10.4. The van der Waals surface area contributed by atoms with E-state index in [2.05, 4.69) is 10.6 Å². The van der Waals surface area contributed by atoms with E-state index in [0.717, 1.165) is 17.5 Å². The van der Waals surface area contributed by atoms with Crippen molar-refractivity contribution in [2.45, 2.75) is 19.3 Å². The van der Waals surface area contributed by atoms with Gasteiger partial charge in [0.15, 0.2) is 11.5 Å². The minimum Gasteiger partial charge on any atom is -0.493 e. The molecule has 27 heavy (non-hydrogen) atoms. The molecule has 6 heteroatoms. The van der Waals surface area contributed by atoms with Gasteiger partial charge in [-0.1, -0.05) is 36.4 Å². The van der Waals surface area contributed by atoms with Gasteiger partial charge in [-0.25, -0.2) is 0 Å². The Bertz CT molecular complexity index is 747. The summed E-state index contributed by atoms with van der Waals surface area (Å²) in [6.45, 7) is 0.532. The molecule has 0 heterocycles. The Balaban J connectivity index is 1.66. The van der Waals surface area contributed by atoms with E-state index in [1.807, 2.05) is 48.5 Å². The summed E-state index contributed by atoms with van der Waals surface area (Å²) in [7, 11) is 3.15. The summed E-state index contributed by atoms with van der Waals surface area (Å²) in [5.41, 5.74) is 2.13. The van der Waals surface area contributed by atoms with Crippen LogP contribution in [0, 0.1) is 0 Å². The van der Waals surface area contributed by atoms with Crippen LogP contribution in [0.3, 0.4) is 0 Å². The van der Waals surface area contributed by atoms with Crippen LogP contribution in [0.15, 0.2) is 48.5 Å². The number of hydrogen-bond donors (Lipinski definition) is 2. The van der Waals surface area contributed by atoms with Crippen molar-refractivity contribution in [3.63, 3.8) is 0 Å². The molecule has 0 radical (unpaired) electrons. The fourth-order valence-corrected chi connectivity index (χ4v) is 2.61. The van der Waals surface area contributed by atoms with Gasteiger partial charge in [0.25, 0.3) is 0 Å². The zero-order valence-corrected chi connectivity index (χ0v) is 15.8. The van der Waals surface area contributed by atoms with E-state index in [4.69, 9.17) is 9.47 Å². The molecule has 0 atom stereocenters. The molecule has 0 aliphatic heterocycles. The van der Waals surface area contributed by atoms with Gasteiger partial charge in [0, 0.05) is 13.0 Å². The van der Waals surface area contributed by atoms with Crippen LogP contribution < -0.4 is 20.1 Å². The second kappa shape index (κ2) is 10.9. The zero-order valence-electron chi connectivity index (χ0n) is 15.8. The van der Waals surface area contributed by atoms with Crippen molar-refractivity contribution in [3.8, 4) is 11.5 Å². The lowest BCUT2D eigenvalue weighted by Crippen LogP contribution is -2.37. The van der Waals surface area contributed by atoms with Crippen molar-refractivity contribution in [2.24, 2.45) is 0 Å². The van der Waals surface area contributed by atoms with E-state index in [-0.39, 0.29) is 18.4 Å². The van der Waals surface area contributed by atoms with Crippen LogP contribution in [0.25, 0.3) is 0 Å². The number of methoxy groups -OCH3 is 2. The predicted molar refractivity (Wildman–Crippen MR) is 104 cm³/mol. The molecule has 2 aromatic carbocycles. The van der Waals surface area contributed by atoms with Crippen LogP contribution >= 0.6 is 0 Å². The molecule has 144 valence electrons. The Hall–Kier alpha value is -3.02. The lowest BCUT2D eigenvalue weighted by Gasteiger charge is -2.10. The van der Waals surface area contributed by atoms with Crippen LogP contribution in [-0.2, 0) is 22.4 Å². The Morgan fingerprint density at radius 3 is 2.26 bits per heavy atom. The molecule has 2 rings (SSSR count). The van der Waals surface area contributed by atoms with Crippen LogP contribution in [0.1, 0.15) is 17.5 Å². The molecule has 0 spiro atoms. The average Bonchev–Trinajstić information content (AvgIpc) is 2.71. The number of carbonyl (C=O) groups excluding carboxylic acids is 2. The van der Waals surface area contributed by atoms with Gasteiger partial charge in [-0.3, -0.25) is 9.59 Å². The van der Waals surface area contributed by atoms with Gasteiger partial charge in [-0.15, -0.1) is 0 Å². The summed E-state index contributed by atoms with van der Waals surface area (Å²) in [4.78, 5) is 23.8. The molecule has 0 aliphatic rings. The summed E-state index contributed by atoms with van der Waals surface area (Å²) in [6, 6.07) is 15.5. The molecule has 0 bridgehead atoms. The van der Waals surface area contributed by atoms with Crippen LogP contribution in [0.4, 0.5) is 0 Å². The number of nitrogens with one attached hydrogen (secondary N) is 2. The molecule has 2 amide bonds. The summed E-state index contributed by atoms with van der Waals surface area (Å²) in [6.07, 6.45) is 1.62. The van der Waals surface area contributed by atoms with E-state index in [1.165, 1.54) is 0 Å².